The molecule has 0 saturated carbocycles. The van der Waals surface area contributed by atoms with Crippen molar-refractivity contribution in [1.82, 2.24) is 0 Å². The molecule has 6 nitrogen and oxygen atoms in total. The molecular weight excluding hydrogens is 396 g/mol. The number of esters is 1. The third kappa shape index (κ3) is 9.64. The number of allylic oxidation sites excluding steroid dienone is 5. The van der Waals surface area contributed by atoms with Gasteiger partial charge in [-0.3, -0.25) is 9.59 Å². The van der Waals surface area contributed by atoms with Gasteiger partial charge >= 0.3 is 11.6 Å². The summed E-state index contributed by atoms with van der Waals surface area (Å²) in [6.07, 6.45) is 13.5. The van der Waals surface area contributed by atoms with E-state index in [-0.39, 0.29) is 23.7 Å². The number of aromatic hydroxyl groups is 1. The quantitative estimate of drug-likeness (QED) is 0.112. The van der Waals surface area contributed by atoms with E-state index in [9.17, 15) is 19.5 Å². The van der Waals surface area contributed by atoms with Crippen LogP contribution in [-0.2, 0) is 16.0 Å². The SMILES string of the molecule is CCCCC/C(C)=C/C=C(\C)C(=O)c1c(O)cc(CCC/C=C/CC(=O)OC)oc1=O. The van der Waals surface area contributed by atoms with Crippen molar-refractivity contribution < 1.29 is 23.8 Å². The number of methoxy groups -OCH3 is 1. The van der Waals surface area contributed by atoms with Gasteiger partial charge in [-0.1, -0.05) is 49.6 Å². The summed E-state index contributed by atoms with van der Waals surface area (Å²) in [7, 11) is 1.34. The molecule has 31 heavy (non-hydrogen) atoms. The van der Waals surface area contributed by atoms with Crippen molar-refractivity contribution in [2.24, 2.45) is 0 Å². The van der Waals surface area contributed by atoms with Crippen LogP contribution in [0.4, 0.5) is 0 Å². The second-order valence-corrected chi connectivity index (χ2v) is 7.55. The first kappa shape index (κ1) is 26.1. The predicted molar refractivity (Wildman–Crippen MR) is 121 cm³/mol. The summed E-state index contributed by atoms with van der Waals surface area (Å²) in [5, 5.41) is 10.3. The molecule has 6 heteroatoms. The van der Waals surface area contributed by atoms with Gasteiger partial charge in [0, 0.05) is 12.5 Å². The molecule has 1 heterocycles. The van der Waals surface area contributed by atoms with Crippen molar-refractivity contribution in [1.29, 1.82) is 0 Å². The highest BCUT2D eigenvalue weighted by molar-refractivity contribution is 6.09. The van der Waals surface area contributed by atoms with Crippen molar-refractivity contribution in [2.45, 2.75) is 72.1 Å². The predicted octanol–water partition coefficient (Wildman–Crippen LogP) is 5.44. The molecule has 1 aromatic heterocycles. The van der Waals surface area contributed by atoms with Crippen LogP contribution in [-0.4, -0.2) is 24.0 Å². The Labute approximate surface area is 184 Å². The number of rotatable bonds is 13. The fraction of sp³-hybridized carbons (Fsp3) is 0.480. The zero-order valence-electron chi connectivity index (χ0n) is 19.0. The lowest BCUT2D eigenvalue weighted by Crippen LogP contribution is -2.16. The Balaban J connectivity index is 2.74. The van der Waals surface area contributed by atoms with Crippen molar-refractivity contribution in [3.63, 3.8) is 0 Å². The van der Waals surface area contributed by atoms with Crippen LogP contribution < -0.4 is 5.63 Å². The highest BCUT2D eigenvalue weighted by Crippen LogP contribution is 2.20. The molecule has 0 atom stereocenters. The normalized spacial score (nSPS) is 12.4. The molecule has 0 aliphatic carbocycles. The minimum absolute atomic E-state index is 0.212. The van der Waals surface area contributed by atoms with Gasteiger partial charge in [0.1, 0.15) is 17.1 Å². The number of hydrogen-bond donors (Lipinski definition) is 1. The molecule has 170 valence electrons. The molecule has 0 bridgehead atoms. The van der Waals surface area contributed by atoms with Crippen LogP contribution in [0.5, 0.6) is 5.75 Å². The monoisotopic (exact) mass is 430 g/mol. The van der Waals surface area contributed by atoms with Crippen LogP contribution in [0, 0.1) is 0 Å². The molecule has 0 amide bonds. The lowest BCUT2D eigenvalue weighted by molar-refractivity contribution is -0.139. The van der Waals surface area contributed by atoms with E-state index in [4.69, 9.17) is 4.42 Å². The maximum atomic E-state index is 12.6. The largest absolute Gasteiger partial charge is 0.507 e. The molecule has 1 aromatic rings. The highest BCUT2D eigenvalue weighted by Gasteiger charge is 2.20. The number of ether oxygens (including phenoxy) is 1. The minimum atomic E-state index is -0.836. The Kier molecular flexibility index (Phi) is 12.0. The first-order valence-corrected chi connectivity index (χ1v) is 10.8. The zero-order valence-corrected chi connectivity index (χ0v) is 19.0. The summed E-state index contributed by atoms with van der Waals surface area (Å²) in [5.74, 6) is -0.900. The van der Waals surface area contributed by atoms with E-state index in [0.717, 1.165) is 31.3 Å². The molecule has 0 radical (unpaired) electrons. The van der Waals surface area contributed by atoms with Gasteiger partial charge in [-0.15, -0.1) is 0 Å². The number of unbranched alkanes of at least 4 members (excludes halogenated alkanes) is 3. The third-order valence-corrected chi connectivity index (χ3v) is 4.83. The van der Waals surface area contributed by atoms with Gasteiger partial charge in [0.25, 0.3) is 0 Å². The van der Waals surface area contributed by atoms with Crippen LogP contribution in [0.15, 0.2) is 50.7 Å². The minimum Gasteiger partial charge on any atom is -0.507 e. The highest BCUT2D eigenvalue weighted by atomic mass is 16.5. The molecule has 0 unspecified atom stereocenters. The first-order valence-electron chi connectivity index (χ1n) is 10.8. The van der Waals surface area contributed by atoms with Crippen molar-refractivity contribution in [3.8, 4) is 5.75 Å². The maximum absolute atomic E-state index is 12.6. The van der Waals surface area contributed by atoms with E-state index in [0.29, 0.717) is 30.6 Å². The summed E-state index contributed by atoms with van der Waals surface area (Å²) < 4.78 is 9.78. The Morgan fingerprint density at radius 1 is 1.13 bits per heavy atom. The van der Waals surface area contributed by atoms with Gasteiger partial charge in [0.05, 0.1) is 13.5 Å². The van der Waals surface area contributed by atoms with Crippen LogP contribution in [0.1, 0.15) is 81.8 Å². The van der Waals surface area contributed by atoms with E-state index < -0.39 is 11.4 Å². The average molecular weight is 431 g/mol. The van der Waals surface area contributed by atoms with Crippen molar-refractivity contribution >= 4 is 11.8 Å². The van der Waals surface area contributed by atoms with Gasteiger partial charge < -0.3 is 14.3 Å². The van der Waals surface area contributed by atoms with Gasteiger partial charge in [0.2, 0.25) is 0 Å². The number of ketones is 1. The number of hydrogen-bond acceptors (Lipinski definition) is 6. The first-order chi connectivity index (χ1) is 14.8. The molecule has 0 fully saturated rings. The fourth-order valence-electron chi connectivity index (χ4n) is 2.91. The van der Waals surface area contributed by atoms with Crippen LogP contribution in [0.3, 0.4) is 0 Å². The van der Waals surface area contributed by atoms with E-state index in [1.807, 2.05) is 19.1 Å². The number of aryl methyl sites for hydroxylation is 1. The van der Waals surface area contributed by atoms with Gasteiger partial charge in [-0.05, 0) is 45.1 Å². The Hall–Kier alpha value is -2.89. The van der Waals surface area contributed by atoms with E-state index in [1.165, 1.54) is 13.2 Å². The second kappa shape index (κ2) is 14.2. The van der Waals surface area contributed by atoms with Crippen molar-refractivity contribution in [3.05, 3.63) is 63.3 Å². The fourth-order valence-corrected chi connectivity index (χ4v) is 2.91. The topological polar surface area (TPSA) is 93.8 Å². The lowest BCUT2D eigenvalue weighted by atomic mass is 10.0. The Morgan fingerprint density at radius 2 is 1.87 bits per heavy atom. The lowest BCUT2D eigenvalue weighted by Gasteiger charge is -2.05. The van der Waals surface area contributed by atoms with E-state index in [2.05, 4.69) is 11.7 Å². The molecule has 0 aliphatic rings. The van der Waals surface area contributed by atoms with Gasteiger partial charge in [-0.2, -0.15) is 0 Å². The Bertz CT molecular complexity index is 886. The molecule has 0 aromatic carbocycles. The molecule has 0 spiro atoms. The van der Waals surface area contributed by atoms with E-state index >= 15 is 0 Å². The standard InChI is InChI=1S/C25H34O6/c1-5-6-9-12-18(2)15-16-19(3)24(28)23-21(26)17-20(31-25(23)29)13-10-7-8-11-14-22(27)30-4/h8,11,15-17,26H,5-7,9-10,12-14H2,1-4H3/b11-8+,18-15+,19-16+. The summed E-state index contributed by atoms with van der Waals surface area (Å²) >= 11 is 0. The summed E-state index contributed by atoms with van der Waals surface area (Å²) in [4.78, 5) is 35.9. The molecule has 1 rings (SSSR count). The van der Waals surface area contributed by atoms with Gasteiger partial charge in [-0.25, -0.2) is 4.79 Å². The Morgan fingerprint density at radius 3 is 2.52 bits per heavy atom. The molecular formula is C25H34O6. The third-order valence-electron chi connectivity index (χ3n) is 4.83. The number of Topliss-reactive ketones (excluding diaryl/α,β-unsaturated/α-hetero) is 1. The molecule has 1 N–H and O–H groups in total. The maximum Gasteiger partial charge on any atom is 0.351 e. The molecule has 0 saturated heterocycles. The number of carbonyl (C=O) groups is 2. The van der Waals surface area contributed by atoms with Crippen molar-refractivity contribution in [2.75, 3.05) is 7.11 Å². The van der Waals surface area contributed by atoms with Gasteiger partial charge in [0.15, 0.2) is 5.78 Å². The van der Waals surface area contributed by atoms with Crippen LogP contribution >= 0.6 is 0 Å². The zero-order chi connectivity index (χ0) is 23.2. The summed E-state index contributed by atoms with van der Waals surface area (Å²) in [5.41, 5.74) is 0.346. The second-order valence-electron chi connectivity index (χ2n) is 7.55. The van der Waals surface area contributed by atoms with E-state index in [1.54, 1.807) is 19.1 Å². The average Bonchev–Trinajstić information content (AvgIpc) is 2.73. The van der Waals surface area contributed by atoms with Crippen LogP contribution in [0.25, 0.3) is 0 Å². The molecule has 0 aliphatic heterocycles. The summed E-state index contributed by atoms with van der Waals surface area (Å²) in [6.45, 7) is 5.77. The van der Waals surface area contributed by atoms with Crippen LogP contribution in [0.2, 0.25) is 0 Å². The summed E-state index contributed by atoms with van der Waals surface area (Å²) in [6, 6.07) is 1.33. The smallest absolute Gasteiger partial charge is 0.351 e. The number of carbonyl (C=O) groups excluding carboxylic acids is 2.